The Kier molecular flexibility index (Phi) is 6.29. The maximum absolute atomic E-state index is 6.24. The van der Waals surface area contributed by atoms with Gasteiger partial charge in [0.05, 0.1) is 11.2 Å². The number of hydrogen-bond donors (Lipinski definition) is 1. The quantitative estimate of drug-likeness (QED) is 0.848. The van der Waals surface area contributed by atoms with Crippen molar-refractivity contribution in [2.75, 3.05) is 0 Å². The Bertz CT molecular complexity index is 423. The molecule has 0 saturated carbocycles. The lowest BCUT2D eigenvalue weighted by Gasteiger charge is -2.32. The minimum atomic E-state index is -0.297. The molecule has 2 rings (SSSR count). The van der Waals surface area contributed by atoms with Gasteiger partial charge in [0.15, 0.2) is 0 Å². The van der Waals surface area contributed by atoms with Crippen LogP contribution in [-0.4, -0.2) is 24.3 Å². The molecular weight excluding hydrogens is 284 g/mol. The van der Waals surface area contributed by atoms with Crippen molar-refractivity contribution < 1.29 is 9.31 Å². The van der Waals surface area contributed by atoms with Crippen molar-refractivity contribution in [2.24, 2.45) is 5.73 Å². The lowest BCUT2D eigenvalue weighted by molar-refractivity contribution is 0.00578. The normalized spacial score (nSPS) is 20.9. The van der Waals surface area contributed by atoms with Crippen molar-refractivity contribution in [1.82, 2.24) is 0 Å². The van der Waals surface area contributed by atoms with Crippen molar-refractivity contribution in [2.45, 2.75) is 64.1 Å². The SMILES string of the molecule is CC1(C)OB([C@@H](N)CCCc2ccccc2)OC1(C)C.Cl. The lowest BCUT2D eigenvalue weighted by atomic mass is 9.76. The van der Waals surface area contributed by atoms with E-state index in [1.54, 1.807) is 0 Å². The fraction of sp³-hybridized carbons (Fsp3) is 0.625. The van der Waals surface area contributed by atoms with Crippen LogP contribution in [0.4, 0.5) is 0 Å². The summed E-state index contributed by atoms with van der Waals surface area (Å²) in [6, 6.07) is 10.5. The molecule has 118 valence electrons. The van der Waals surface area contributed by atoms with Gasteiger partial charge in [0, 0.05) is 5.94 Å². The molecule has 2 N–H and O–H groups in total. The Hall–Kier alpha value is -0.545. The molecule has 1 heterocycles. The van der Waals surface area contributed by atoms with Gasteiger partial charge in [0.2, 0.25) is 0 Å². The fourth-order valence-electron chi connectivity index (χ4n) is 2.39. The van der Waals surface area contributed by atoms with Crippen molar-refractivity contribution in [3.63, 3.8) is 0 Å². The van der Waals surface area contributed by atoms with Crippen molar-refractivity contribution in [3.05, 3.63) is 35.9 Å². The molecule has 1 saturated heterocycles. The van der Waals surface area contributed by atoms with Crippen LogP contribution in [0.1, 0.15) is 46.1 Å². The number of hydrogen-bond acceptors (Lipinski definition) is 3. The molecule has 0 bridgehead atoms. The zero-order valence-corrected chi connectivity index (χ0v) is 14.3. The third-order valence-corrected chi connectivity index (χ3v) is 4.47. The second-order valence-corrected chi connectivity index (χ2v) is 6.67. The van der Waals surface area contributed by atoms with Gasteiger partial charge < -0.3 is 15.0 Å². The van der Waals surface area contributed by atoms with Gasteiger partial charge >= 0.3 is 7.12 Å². The molecule has 1 fully saturated rings. The highest BCUT2D eigenvalue weighted by Crippen LogP contribution is 2.37. The zero-order valence-electron chi connectivity index (χ0n) is 13.5. The molecule has 1 aliphatic rings. The van der Waals surface area contributed by atoms with Gasteiger partial charge in [0.25, 0.3) is 0 Å². The summed E-state index contributed by atoms with van der Waals surface area (Å²) in [5, 5.41) is 0. The highest BCUT2D eigenvalue weighted by atomic mass is 35.5. The van der Waals surface area contributed by atoms with Crippen molar-refractivity contribution in [1.29, 1.82) is 0 Å². The molecule has 0 aromatic heterocycles. The summed E-state index contributed by atoms with van der Waals surface area (Å²) in [5.41, 5.74) is 7.00. The molecule has 0 unspecified atom stereocenters. The number of halogens is 1. The van der Waals surface area contributed by atoms with Crippen LogP contribution < -0.4 is 5.73 Å². The highest BCUT2D eigenvalue weighted by molar-refractivity contribution is 6.47. The Morgan fingerprint density at radius 2 is 1.57 bits per heavy atom. The smallest absolute Gasteiger partial charge is 0.402 e. The van der Waals surface area contributed by atoms with Gasteiger partial charge in [-0.15, -0.1) is 12.4 Å². The summed E-state index contributed by atoms with van der Waals surface area (Å²) in [6.07, 6.45) is 3.01. The standard InChI is InChI=1S/C16H26BNO2.ClH/c1-15(2)16(3,4)20-17(19-15)14(18)12-8-11-13-9-6-5-7-10-13;/h5-7,9-10,14H,8,11-12,18H2,1-4H3;1H/t14-;/m0./s1. The fourth-order valence-corrected chi connectivity index (χ4v) is 2.39. The maximum atomic E-state index is 6.24. The summed E-state index contributed by atoms with van der Waals surface area (Å²) in [6.45, 7) is 8.24. The molecule has 1 aromatic rings. The van der Waals surface area contributed by atoms with Crippen LogP contribution in [-0.2, 0) is 15.7 Å². The second-order valence-electron chi connectivity index (χ2n) is 6.67. The summed E-state index contributed by atoms with van der Waals surface area (Å²) in [7, 11) is -0.296. The van der Waals surface area contributed by atoms with E-state index in [4.69, 9.17) is 15.0 Å². The third kappa shape index (κ3) is 4.46. The summed E-state index contributed by atoms with van der Waals surface area (Å²) in [4.78, 5) is 0. The molecular formula is C16H27BClNO2. The molecule has 0 amide bonds. The minimum absolute atomic E-state index is 0. The Balaban J connectivity index is 0.00000220. The molecule has 1 aromatic carbocycles. The van der Waals surface area contributed by atoms with Crippen LogP contribution in [0.15, 0.2) is 30.3 Å². The lowest BCUT2D eigenvalue weighted by Crippen LogP contribution is -2.41. The first-order valence-corrected chi connectivity index (χ1v) is 7.47. The van der Waals surface area contributed by atoms with E-state index in [2.05, 4.69) is 52.0 Å². The topological polar surface area (TPSA) is 44.5 Å². The van der Waals surface area contributed by atoms with Crippen LogP contribution >= 0.6 is 12.4 Å². The number of rotatable bonds is 5. The van der Waals surface area contributed by atoms with Crippen LogP contribution in [0.3, 0.4) is 0 Å². The summed E-state index contributed by atoms with van der Waals surface area (Å²) >= 11 is 0. The molecule has 3 nitrogen and oxygen atoms in total. The molecule has 1 aliphatic heterocycles. The maximum Gasteiger partial charge on any atom is 0.475 e. The third-order valence-electron chi connectivity index (χ3n) is 4.47. The van der Waals surface area contributed by atoms with E-state index in [1.807, 2.05) is 6.07 Å². The Morgan fingerprint density at radius 1 is 1.05 bits per heavy atom. The number of aryl methyl sites for hydroxylation is 1. The van der Waals surface area contributed by atoms with Gasteiger partial charge in [-0.3, -0.25) is 0 Å². The van der Waals surface area contributed by atoms with Crippen molar-refractivity contribution in [3.8, 4) is 0 Å². The molecule has 5 heteroatoms. The van der Waals surface area contributed by atoms with Crippen molar-refractivity contribution >= 4 is 19.5 Å². The zero-order chi connectivity index (χ0) is 14.8. The average Bonchev–Trinajstić information content (AvgIpc) is 2.60. The van der Waals surface area contributed by atoms with Gasteiger partial charge in [-0.1, -0.05) is 30.3 Å². The first-order chi connectivity index (χ1) is 9.32. The summed E-state index contributed by atoms with van der Waals surface area (Å²) < 4.78 is 12.0. The predicted molar refractivity (Wildman–Crippen MR) is 90.7 cm³/mol. The van der Waals surface area contributed by atoms with Gasteiger partial charge in [0.1, 0.15) is 0 Å². The Morgan fingerprint density at radius 3 is 2.10 bits per heavy atom. The first kappa shape index (κ1) is 18.5. The van der Waals surface area contributed by atoms with E-state index in [0.29, 0.717) is 0 Å². The van der Waals surface area contributed by atoms with E-state index in [-0.39, 0.29) is 36.7 Å². The van der Waals surface area contributed by atoms with Crippen LogP contribution in [0.2, 0.25) is 0 Å². The number of benzene rings is 1. The summed E-state index contributed by atoms with van der Waals surface area (Å²) in [5.74, 6) is -0.0697. The van der Waals surface area contributed by atoms with Crippen LogP contribution in [0.25, 0.3) is 0 Å². The minimum Gasteiger partial charge on any atom is -0.402 e. The largest absolute Gasteiger partial charge is 0.475 e. The van der Waals surface area contributed by atoms with E-state index >= 15 is 0 Å². The van der Waals surface area contributed by atoms with E-state index in [9.17, 15) is 0 Å². The van der Waals surface area contributed by atoms with Crippen LogP contribution in [0, 0.1) is 0 Å². The average molecular weight is 312 g/mol. The molecule has 0 aliphatic carbocycles. The number of nitrogens with two attached hydrogens (primary N) is 1. The monoisotopic (exact) mass is 311 g/mol. The Labute approximate surface area is 135 Å². The first-order valence-electron chi connectivity index (χ1n) is 7.47. The highest BCUT2D eigenvalue weighted by Gasteiger charge is 2.52. The predicted octanol–water partition coefficient (Wildman–Crippen LogP) is 3.39. The van der Waals surface area contributed by atoms with E-state index in [0.717, 1.165) is 19.3 Å². The van der Waals surface area contributed by atoms with E-state index < -0.39 is 0 Å². The molecule has 21 heavy (non-hydrogen) atoms. The van der Waals surface area contributed by atoms with Crippen LogP contribution in [0.5, 0.6) is 0 Å². The molecule has 0 radical (unpaired) electrons. The molecule has 0 spiro atoms. The van der Waals surface area contributed by atoms with E-state index in [1.165, 1.54) is 5.56 Å². The van der Waals surface area contributed by atoms with Gasteiger partial charge in [-0.25, -0.2) is 0 Å². The second kappa shape index (κ2) is 7.14. The van der Waals surface area contributed by atoms with Gasteiger partial charge in [-0.2, -0.15) is 0 Å². The molecule has 1 atom stereocenters. The van der Waals surface area contributed by atoms with Gasteiger partial charge in [-0.05, 0) is 52.5 Å².